The van der Waals surface area contributed by atoms with Crippen LogP contribution in [0.3, 0.4) is 0 Å². The number of ether oxygens (including phenoxy) is 1. The van der Waals surface area contributed by atoms with Crippen LogP contribution in [-0.2, 0) is 0 Å². The van der Waals surface area contributed by atoms with Crippen LogP contribution in [0, 0.1) is 18.7 Å². The highest BCUT2D eigenvalue weighted by atomic mass is 19.1. The van der Waals surface area contributed by atoms with E-state index in [9.17, 15) is 4.39 Å². The molecule has 0 amide bonds. The van der Waals surface area contributed by atoms with Crippen molar-refractivity contribution >= 4 is 0 Å². The molecule has 0 aliphatic heterocycles. The summed E-state index contributed by atoms with van der Waals surface area (Å²) in [5, 5.41) is 0. The van der Waals surface area contributed by atoms with Crippen molar-refractivity contribution in [2.75, 3.05) is 6.61 Å². The van der Waals surface area contributed by atoms with Crippen LogP contribution in [0.4, 0.5) is 4.39 Å². The van der Waals surface area contributed by atoms with Gasteiger partial charge in [-0.3, -0.25) is 0 Å². The van der Waals surface area contributed by atoms with Crippen molar-refractivity contribution in [3.8, 4) is 5.75 Å². The van der Waals surface area contributed by atoms with Gasteiger partial charge in [-0.2, -0.15) is 0 Å². The summed E-state index contributed by atoms with van der Waals surface area (Å²) in [6.07, 6.45) is 2.24. The van der Waals surface area contributed by atoms with Gasteiger partial charge in [-0.15, -0.1) is 0 Å². The van der Waals surface area contributed by atoms with Crippen molar-refractivity contribution in [2.45, 2.75) is 33.6 Å². The van der Waals surface area contributed by atoms with Gasteiger partial charge in [0.1, 0.15) is 11.6 Å². The van der Waals surface area contributed by atoms with Crippen molar-refractivity contribution < 1.29 is 9.13 Å². The van der Waals surface area contributed by atoms with Gasteiger partial charge < -0.3 is 4.74 Å². The first-order valence-electron chi connectivity index (χ1n) is 5.56. The largest absolute Gasteiger partial charge is 0.493 e. The Kier molecular flexibility index (Phi) is 4.60. The highest BCUT2D eigenvalue weighted by molar-refractivity contribution is 5.28. The minimum absolute atomic E-state index is 0.176. The van der Waals surface area contributed by atoms with E-state index in [1.807, 2.05) is 0 Å². The van der Waals surface area contributed by atoms with E-state index in [0.717, 1.165) is 25.2 Å². The zero-order valence-corrected chi connectivity index (χ0v) is 9.72. The van der Waals surface area contributed by atoms with E-state index < -0.39 is 0 Å². The molecule has 0 saturated carbocycles. The summed E-state index contributed by atoms with van der Waals surface area (Å²) >= 11 is 0. The lowest BCUT2D eigenvalue weighted by atomic mass is 10.1. The minimum atomic E-state index is -0.176. The molecule has 1 aromatic carbocycles. The van der Waals surface area contributed by atoms with Crippen LogP contribution in [0.25, 0.3) is 0 Å². The molecule has 0 N–H and O–H groups in total. The summed E-state index contributed by atoms with van der Waals surface area (Å²) in [4.78, 5) is 0. The van der Waals surface area contributed by atoms with Gasteiger partial charge in [0.2, 0.25) is 0 Å². The first-order valence-corrected chi connectivity index (χ1v) is 5.56. The highest BCUT2D eigenvalue weighted by Crippen LogP contribution is 2.17. The third-order valence-corrected chi connectivity index (χ3v) is 2.77. The van der Waals surface area contributed by atoms with Crippen molar-refractivity contribution in [3.05, 3.63) is 29.6 Å². The Balaban J connectivity index is 2.54. The maximum absolute atomic E-state index is 13.0. The smallest absolute Gasteiger partial charge is 0.126 e. The molecule has 0 radical (unpaired) electrons. The van der Waals surface area contributed by atoms with Crippen LogP contribution >= 0.6 is 0 Å². The average molecular weight is 210 g/mol. The summed E-state index contributed by atoms with van der Waals surface area (Å²) < 4.78 is 18.6. The molecule has 0 aromatic heterocycles. The third-order valence-electron chi connectivity index (χ3n) is 2.77. The van der Waals surface area contributed by atoms with Gasteiger partial charge in [-0.05, 0) is 36.6 Å². The minimum Gasteiger partial charge on any atom is -0.493 e. The summed E-state index contributed by atoms with van der Waals surface area (Å²) in [5.41, 5.74) is 0.636. The molecule has 1 aromatic rings. The van der Waals surface area contributed by atoms with Gasteiger partial charge in [-0.1, -0.05) is 26.7 Å². The molecular weight excluding hydrogens is 191 g/mol. The van der Waals surface area contributed by atoms with Crippen molar-refractivity contribution in [1.29, 1.82) is 0 Å². The molecule has 0 fully saturated rings. The quantitative estimate of drug-likeness (QED) is 0.715. The first kappa shape index (κ1) is 12.0. The fourth-order valence-electron chi connectivity index (χ4n) is 1.45. The van der Waals surface area contributed by atoms with Gasteiger partial charge in [0.15, 0.2) is 0 Å². The summed E-state index contributed by atoms with van der Waals surface area (Å²) in [6, 6.07) is 4.89. The number of benzene rings is 1. The lowest BCUT2D eigenvalue weighted by Crippen LogP contribution is -2.10. The topological polar surface area (TPSA) is 9.23 Å². The van der Waals surface area contributed by atoms with E-state index in [-0.39, 0.29) is 5.82 Å². The SMILES string of the molecule is CCC(CC)COc1ccc(F)c(C)c1. The number of hydrogen-bond acceptors (Lipinski definition) is 1. The normalized spacial score (nSPS) is 10.7. The fraction of sp³-hybridized carbons (Fsp3) is 0.538. The first-order chi connectivity index (χ1) is 7.17. The lowest BCUT2D eigenvalue weighted by molar-refractivity contribution is 0.240. The van der Waals surface area contributed by atoms with Gasteiger partial charge in [0.05, 0.1) is 6.61 Å². The summed E-state index contributed by atoms with van der Waals surface area (Å²) in [7, 11) is 0. The molecule has 0 unspecified atom stereocenters. The summed E-state index contributed by atoms with van der Waals surface area (Å²) in [6.45, 7) is 6.79. The zero-order chi connectivity index (χ0) is 11.3. The average Bonchev–Trinajstić information content (AvgIpc) is 2.24. The molecule has 0 saturated heterocycles. The zero-order valence-electron chi connectivity index (χ0n) is 9.72. The Morgan fingerprint density at radius 2 is 1.93 bits per heavy atom. The van der Waals surface area contributed by atoms with Crippen molar-refractivity contribution in [3.63, 3.8) is 0 Å². The van der Waals surface area contributed by atoms with E-state index >= 15 is 0 Å². The predicted octanol–water partition coefficient (Wildman–Crippen LogP) is 3.95. The lowest BCUT2D eigenvalue weighted by Gasteiger charge is -2.14. The molecule has 15 heavy (non-hydrogen) atoms. The van der Waals surface area contributed by atoms with Crippen molar-refractivity contribution in [2.24, 2.45) is 5.92 Å². The van der Waals surface area contributed by atoms with Crippen LogP contribution in [0.1, 0.15) is 32.3 Å². The van der Waals surface area contributed by atoms with Gasteiger partial charge in [0, 0.05) is 0 Å². The number of aryl methyl sites for hydroxylation is 1. The molecule has 0 aliphatic carbocycles. The van der Waals surface area contributed by atoms with Crippen LogP contribution in [0.2, 0.25) is 0 Å². The van der Waals surface area contributed by atoms with Gasteiger partial charge in [-0.25, -0.2) is 4.39 Å². The van der Waals surface area contributed by atoms with E-state index in [0.29, 0.717) is 11.5 Å². The molecule has 0 heterocycles. The maximum atomic E-state index is 13.0. The molecule has 0 aliphatic rings. The Hall–Kier alpha value is -1.05. The van der Waals surface area contributed by atoms with Gasteiger partial charge in [0.25, 0.3) is 0 Å². The molecule has 1 rings (SSSR count). The monoisotopic (exact) mass is 210 g/mol. The third kappa shape index (κ3) is 3.54. The second-order valence-electron chi connectivity index (χ2n) is 3.90. The molecule has 0 bridgehead atoms. The highest BCUT2D eigenvalue weighted by Gasteiger charge is 2.05. The standard InChI is InChI=1S/C13H19FO/c1-4-11(5-2)9-15-12-6-7-13(14)10(3)8-12/h6-8,11H,4-5,9H2,1-3H3. The Morgan fingerprint density at radius 3 is 2.47 bits per heavy atom. The second kappa shape index (κ2) is 5.74. The Morgan fingerprint density at radius 1 is 1.27 bits per heavy atom. The predicted molar refractivity (Wildman–Crippen MR) is 60.7 cm³/mol. The fourth-order valence-corrected chi connectivity index (χ4v) is 1.45. The van der Waals surface area contributed by atoms with Crippen LogP contribution in [0.5, 0.6) is 5.75 Å². The number of hydrogen-bond donors (Lipinski definition) is 0. The Bertz CT molecular complexity index is 305. The van der Waals surface area contributed by atoms with Gasteiger partial charge >= 0.3 is 0 Å². The molecule has 0 atom stereocenters. The maximum Gasteiger partial charge on any atom is 0.126 e. The number of halogens is 1. The van der Waals surface area contributed by atoms with Crippen LogP contribution in [0.15, 0.2) is 18.2 Å². The van der Waals surface area contributed by atoms with Crippen molar-refractivity contribution in [1.82, 2.24) is 0 Å². The summed E-state index contributed by atoms with van der Waals surface area (Å²) in [5.74, 6) is 1.18. The molecule has 0 spiro atoms. The number of rotatable bonds is 5. The van der Waals surface area contributed by atoms with E-state index in [1.165, 1.54) is 6.07 Å². The van der Waals surface area contributed by atoms with Crippen LogP contribution < -0.4 is 4.74 Å². The molecule has 1 nitrogen and oxygen atoms in total. The molecular formula is C13H19FO. The molecule has 2 heteroatoms. The van der Waals surface area contributed by atoms with E-state index in [4.69, 9.17) is 4.74 Å². The van der Waals surface area contributed by atoms with Crippen LogP contribution in [-0.4, -0.2) is 6.61 Å². The van der Waals surface area contributed by atoms with E-state index in [2.05, 4.69) is 13.8 Å². The molecule has 84 valence electrons. The Labute approximate surface area is 91.3 Å². The second-order valence-corrected chi connectivity index (χ2v) is 3.90. The van der Waals surface area contributed by atoms with E-state index in [1.54, 1.807) is 19.1 Å².